The molecule has 2 nitrogen and oxygen atoms in total. The molecule has 0 amide bonds. The number of aromatic nitrogens is 1. The van der Waals surface area contributed by atoms with E-state index in [1.807, 2.05) is 0 Å². The summed E-state index contributed by atoms with van der Waals surface area (Å²) in [4.78, 5) is 5.09. The molecule has 0 aliphatic rings. The van der Waals surface area contributed by atoms with Crippen LogP contribution >= 0.6 is 50.9 Å². The van der Waals surface area contributed by atoms with E-state index in [1.54, 1.807) is 30.5 Å². The maximum atomic E-state index is 6.08. The average Bonchev–Trinajstić information content (AvgIpc) is 2.27. The van der Waals surface area contributed by atoms with E-state index in [-0.39, 0.29) is 0 Å². The van der Waals surface area contributed by atoms with Crippen LogP contribution in [0.25, 0.3) is 0 Å². The van der Waals surface area contributed by atoms with Gasteiger partial charge in [-0.05, 0) is 40.2 Å². The Bertz CT molecular complexity index is 563. The van der Waals surface area contributed by atoms with Crippen LogP contribution < -0.4 is 5.73 Å². The van der Waals surface area contributed by atoms with Crippen molar-refractivity contribution in [3.63, 3.8) is 0 Å². The van der Waals surface area contributed by atoms with Crippen LogP contribution in [0.2, 0.25) is 10.0 Å². The lowest BCUT2D eigenvalue weighted by molar-refractivity contribution is 1.11. The predicted octanol–water partition coefficient (Wildman–Crippen LogP) is 4.88. The first-order chi connectivity index (χ1) is 8.06. The number of nitrogens with zero attached hydrogens (tertiary/aromatic N) is 1. The number of pyridine rings is 1. The maximum absolute atomic E-state index is 6.08. The second-order valence-electron chi connectivity index (χ2n) is 3.23. The highest BCUT2D eigenvalue weighted by molar-refractivity contribution is 9.10. The zero-order valence-corrected chi connectivity index (χ0v) is 12.4. The first-order valence-corrected chi connectivity index (χ1v) is 6.97. The van der Waals surface area contributed by atoms with Gasteiger partial charge in [0.15, 0.2) is 0 Å². The van der Waals surface area contributed by atoms with E-state index in [1.165, 1.54) is 11.8 Å². The van der Waals surface area contributed by atoms with Crippen molar-refractivity contribution in [1.29, 1.82) is 0 Å². The summed E-state index contributed by atoms with van der Waals surface area (Å²) < 4.78 is 0.832. The van der Waals surface area contributed by atoms with Crippen molar-refractivity contribution >= 4 is 56.6 Å². The molecular formula is C11H7BrCl2N2S. The van der Waals surface area contributed by atoms with Gasteiger partial charge in [-0.2, -0.15) is 0 Å². The third-order valence-corrected chi connectivity index (χ3v) is 4.55. The lowest BCUT2D eigenvalue weighted by atomic mass is 10.4. The summed E-state index contributed by atoms with van der Waals surface area (Å²) in [5, 5.41) is 2.08. The molecule has 0 fully saturated rings. The van der Waals surface area contributed by atoms with Gasteiger partial charge >= 0.3 is 0 Å². The van der Waals surface area contributed by atoms with Crippen LogP contribution in [0.5, 0.6) is 0 Å². The van der Waals surface area contributed by atoms with Crippen LogP contribution in [0, 0.1) is 0 Å². The number of halogens is 3. The third kappa shape index (κ3) is 3.28. The van der Waals surface area contributed by atoms with Gasteiger partial charge in [0, 0.05) is 9.92 Å². The summed E-state index contributed by atoms with van der Waals surface area (Å²) in [5.41, 5.74) is 6.24. The fraction of sp³-hybridized carbons (Fsp3) is 0. The predicted molar refractivity (Wildman–Crippen MR) is 76.9 cm³/mol. The van der Waals surface area contributed by atoms with Gasteiger partial charge in [-0.25, -0.2) is 4.98 Å². The normalized spacial score (nSPS) is 10.5. The summed E-state index contributed by atoms with van der Waals surface area (Å²) in [7, 11) is 0. The number of benzene rings is 1. The minimum Gasteiger partial charge on any atom is -0.397 e. The second kappa shape index (κ2) is 5.48. The largest absolute Gasteiger partial charge is 0.397 e. The Morgan fingerprint density at radius 1 is 1.24 bits per heavy atom. The standard InChI is InChI=1S/C11H7BrCl2N2S/c12-8-4-7(15)5-16-11(8)17-10-3-6(13)1-2-9(10)14/h1-5H,15H2. The Morgan fingerprint density at radius 3 is 2.71 bits per heavy atom. The van der Waals surface area contributed by atoms with Crippen LogP contribution in [0.4, 0.5) is 5.69 Å². The summed E-state index contributed by atoms with van der Waals surface area (Å²) in [6.07, 6.45) is 1.60. The van der Waals surface area contributed by atoms with Crippen LogP contribution in [0.3, 0.4) is 0 Å². The fourth-order valence-electron chi connectivity index (χ4n) is 1.17. The van der Waals surface area contributed by atoms with E-state index in [2.05, 4.69) is 20.9 Å². The average molecular weight is 350 g/mol. The molecule has 1 aromatic heterocycles. The Balaban J connectivity index is 2.34. The van der Waals surface area contributed by atoms with E-state index in [0.717, 1.165) is 14.4 Å². The molecule has 17 heavy (non-hydrogen) atoms. The zero-order valence-electron chi connectivity index (χ0n) is 8.45. The van der Waals surface area contributed by atoms with Crippen molar-refractivity contribution in [3.8, 4) is 0 Å². The maximum Gasteiger partial charge on any atom is 0.115 e. The smallest absolute Gasteiger partial charge is 0.115 e. The number of hydrogen-bond donors (Lipinski definition) is 1. The molecule has 1 aromatic carbocycles. The molecule has 0 bridgehead atoms. The topological polar surface area (TPSA) is 38.9 Å². The molecule has 0 saturated heterocycles. The fourth-order valence-corrected chi connectivity index (χ4v) is 3.08. The molecule has 0 radical (unpaired) electrons. The van der Waals surface area contributed by atoms with E-state index in [4.69, 9.17) is 28.9 Å². The van der Waals surface area contributed by atoms with E-state index >= 15 is 0 Å². The third-order valence-electron chi connectivity index (χ3n) is 1.93. The number of nitrogens with two attached hydrogens (primary N) is 1. The zero-order chi connectivity index (χ0) is 12.4. The molecule has 0 spiro atoms. The van der Waals surface area contributed by atoms with Gasteiger partial charge in [0.1, 0.15) is 5.03 Å². The highest BCUT2D eigenvalue weighted by Crippen LogP contribution is 2.37. The van der Waals surface area contributed by atoms with Crippen molar-refractivity contribution in [3.05, 3.63) is 45.0 Å². The number of nitrogen functional groups attached to an aromatic ring is 1. The van der Waals surface area contributed by atoms with Gasteiger partial charge in [-0.3, -0.25) is 0 Å². The molecule has 0 aliphatic heterocycles. The van der Waals surface area contributed by atoms with Crippen LogP contribution in [0.15, 0.2) is 44.9 Å². The molecule has 0 unspecified atom stereocenters. The van der Waals surface area contributed by atoms with Crippen LogP contribution in [-0.4, -0.2) is 4.98 Å². The lowest BCUT2D eigenvalue weighted by Gasteiger charge is -2.06. The number of hydrogen-bond acceptors (Lipinski definition) is 3. The summed E-state index contributed by atoms with van der Waals surface area (Å²) in [6.45, 7) is 0. The molecule has 1 heterocycles. The molecule has 2 N–H and O–H groups in total. The van der Waals surface area contributed by atoms with Crippen molar-refractivity contribution in [1.82, 2.24) is 4.98 Å². The molecule has 2 rings (SSSR count). The quantitative estimate of drug-likeness (QED) is 0.839. The van der Waals surface area contributed by atoms with Gasteiger partial charge in [0.25, 0.3) is 0 Å². The first-order valence-electron chi connectivity index (χ1n) is 4.60. The first kappa shape index (κ1) is 13.0. The summed E-state index contributed by atoms with van der Waals surface area (Å²) in [5.74, 6) is 0. The molecular weight excluding hydrogens is 343 g/mol. The highest BCUT2D eigenvalue weighted by Gasteiger charge is 2.08. The second-order valence-corrected chi connectivity index (χ2v) is 5.96. The van der Waals surface area contributed by atoms with E-state index < -0.39 is 0 Å². The minimum atomic E-state index is 0.610. The number of anilines is 1. The van der Waals surface area contributed by atoms with Gasteiger partial charge in [-0.1, -0.05) is 35.0 Å². The van der Waals surface area contributed by atoms with Crippen molar-refractivity contribution in [2.45, 2.75) is 9.92 Å². The molecule has 0 saturated carbocycles. The van der Waals surface area contributed by atoms with Crippen molar-refractivity contribution in [2.75, 3.05) is 5.73 Å². The molecule has 0 atom stereocenters. The van der Waals surface area contributed by atoms with Crippen LogP contribution in [-0.2, 0) is 0 Å². The van der Waals surface area contributed by atoms with Crippen molar-refractivity contribution in [2.24, 2.45) is 0 Å². The SMILES string of the molecule is Nc1cnc(Sc2cc(Cl)ccc2Cl)c(Br)c1. The van der Waals surface area contributed by atoms with Gasteiger partial charge in [-0.15, -0.1) is 0 Å². The molecule has 2 aromatic rings. The summed E-state index contributed by atoms with van der Waals surface area (Å²) >= 11 is 16.8. The van der Waals surface area contributed by atoms with Gasteiger partial charge in [0.2, 0.25) is 0 Å². The molecule has 88 valence electrons. The Kier molecular flexibility index (Phi) is 4.20. The van der Waals surface area contributed by atoms with Gasteiger partial charge in [0.05, 0.1) is 21.4 Å². The van der Waals surface area contributed by atoms with Crippen LogP contribution in [0.1, 0.15) is 0 Å². The summed E-state index contributed by atoms with van der Waals surface area (Å²) in [6, 6.07) is 7.11. The Labute approximate surface area is 122 Å². The van der Waals surface area contributed by atoms with E-state index in [9.17, 15) is 0 Å². The van der Waals surface area contributed by atoms with E-state index in [0.29, 0.717) is 15.7 Å². The molecule has 0 aliphatic carbocycles. The molecule has 6 heteroatoms. The van der Waals surface area contributed by atoms with Crippen molar-refractivity contribution < 1.29 is 0 Å². The minimum absolute atomic E-state index is 0.610. The highest BCUT2D eigenvalue weighted by atomic mass is 79.9. The number of rotatable bonds is 2. The Hall–Kier alpha value is -0.420. The van der Waals surface area contributed by atoms with Gasteiger partial charge < -0.3 is 5.73 Å². The Morgan fingerprint density at radius 2 is 2.00 bits per heavy atom. The lowest BCUT2D eigenvalue weighted by Crippen LogP contribution is -1.89. The monoisotopic (exact) mass is 348 g/mol.